The van der Waals surface area contributed by atoms with Gasteiger partial charge in [-0.3, -0.25) is 0 Å². The van der Waals surface area contributed by atoms with Crippen molar-refractivity contribution in [3.63, 3.8) is 0 Å². The molecule has 0 bridgehead atoms. The number of carbonyl (C=O) groups is 2. The summed E-state index contributed by atoms with van der Waals surface area (Å²) in [5, 5.41) is 20.9. The standard InChI is InChI=1S/C13H15FN2O4/c1-7-2-3-8(4-10(7)14)15-13(20)16-6-9(17)5-11(16)12(18)19/h2-4,9,11,17H,5-6H2,1H3,(H,15,20)(H,18,19)/t9-,11-/m0/s1. The summed E-state index contributed by atoms with van der Waals surface area (Å²) in [6.07, 6.45) is -0.873. The molecule has 1 heterocycles. The number of nitrogens with one attached hydrogen (secondary N) is 1. The molecular formula is C13H15FN2O4. The molecule has 0 saturated carbocycles. The summed E-state index contributed by atoms with van der Waals surface area (Å²) in [5.41, 5.74) is 0.687. The fourth-order valence-electron chi connectivity index (χ4n) is 2.14. The molecule has 1 fully saturated rings. The van der Waals surface area contributed by atoms with Gasteiger partial charge in [0.2, 0.25) is 0 Å². The van der Waals surface area contributed by atoms with Crippen LogP contribution in [0.4, 0.5) is 14.9 Å². The van der Waals surface area contributed by atoms with Crippen molar-refractivity contribution in [1.29, 1.82) is 0 Å². The number of nitrogens with zero attached hydrogens (tertiary/aromatic N) is 1. The number of likely N-dealkylation sites (tertiary alicyclic amines) is 1. The normalized spacial score (nSPS) is 21.9. The molecule has 3 N–H and O–H groups in total. The van der Waals surface area contributed by atoms with Crippen molar-refractivity contribution >= 4 is 17.7 Å². The number of hydrogen-bond acceptors (Lipinski definition) is 3. The van der Waals surface area contributed by atoms with E-state index in [4.69, 9.17) is 5.11 Å². The molecule has 1 aliphatic heterocycles. The third-order valence-electron chi connectivity index (χ3n) is 3.25. The van der Waals surface area contributed by atoms with E-state index in [2.05, 4.69) is 5.32 Å². The van der Waals surface area contributed by atoms with Crippen LogP contribution in [0.5, 0.6) is 0 Å². The molecule has 20 heavy (non-hydrogen) atoms. The first-order valence-electron chi connectivity index (χ1n) is 6.13. The number of carbonyl (C=O) groups excluding carboxylic acids is 1. The van der Waals surface area contributed by atoms with Crippen LogP contribution in [0, 0.1) is 12.7 Å². The van der Waals surface area contributed by atoms with E-state index in [1.807, 2.05) is 0 Å². The van der Waals surface area contributed by atoms with E-state index in [0.717, 1.165) is 11.0 Å². The molecule has 1 aromatic rings. The van der Waals surface area contributed by atoms with Crippen molar-refractivity contribution in [3.05, 3.63) is 29.6 Å². The van der Waals surface area contributed by atoms with Crippen molar-refractivity contribution in [3.8, 4) is 0 Å². The molecule has 0 aliphatic carbocycles. The Kier molecular flexibility index (Phi) is 3.89. The molecule has 2 rings (SSSR count). The number of aryl methyl sites for hydroxylation is 1. The lowest BCUT2D eigenvalue weighted by molar-refractivity contribution is -0.141. The Balaban J connectivity index is 2.11. The predicted molar refractivity (Wildman–Crippen MR) is 68.9 cm³/mol. The second-order valence-corrected chi connectivity index (χ2v) is 4.79. The van der Waals surface area contributed by atoms with Crippen LogP contribution in [0.15, 0.2) is 18.2 Å². The van der Waals surface area contributed by atoms with Crippen LogP contribution in [-0.4, -0.2) is 45.8 Å². The second kappa shape index (κ2) is 5.46. The number of anilines is 1. The van der Waals surface area contributed by atoms with Gasteiger partial charge in [-0.1, -0.05) is 6.07 Å². The molecule has 0 radical (unpaired) electrons. The highest BCUT2D eigenvalue weighted by Crippen LogP contribution is 2.20. The van der Waals surface area contributed by atoms with Gasteiger partial charge in [0.05, 0.1) is 6.10 Å². The molecule has 108 valence electrons. The van der Waals surface area contributed by atoms with Crippen molar-refractivity contribution in [2.75, 3.05) is 11.9 Å². The van der Waals surface area contributed by atoms with Gasteiger partial charge >= 0.3 is 12.0 Å². The summed E-state index contributed by atoms with van der Waals surface area (Å²) >= 11 is 0. The molecule has 1 aliphatic rings. The largest absolute Gasteiger partial charge is 0.480 e. The third-order valence-corrected chi connectivity index (χ3v) is 3.25. The zero-order valence-corrected chi connectivity index (χ0v) is 10.8. The number of β-amino-alcohol motifs (C(OH)–C–C–N with tert-alkyl or cyclic N) is 1. The number of carboxylic acids is 1. The number of rotatable bonds is 2. The zero-order chi connectivity index (χ0) is 14.9. The molecule has 2 amide bonds. The first-order chi connectivity index (χ1) is 9.38. The van der Waals surface area contributed by atoms with Crippen LogP contribution in [0.3, 0.4) is 0 Å². The van der Waals surface area contributed by atoms with Gasteiger partial charge in [0.1, 0.15) is 11.9 Å². The van der Waals surface area contributed by atoms with E-state index >= 15 is 0 Å². The minimum Gasteiger partial charge on any atom is -0.480 e. The van der Waals surface area contributed by atoms with Crippen LogP contribution in [0.1, 0.15) is 12.0 Å². The number of amides is 2. The number of urea groups is 1. The molecule has 2 atom stereocenters. The van der Waals surface area contributed by atoms with Crippen LogP contribution >= 0.6 is 0 Å². The maximum Gasteiger partial charge on any atom is 0.326 e. The Morgan fingerprint density at radius 3 is 2.75 bits per heavy atom. The lowest BCUT2D eigenvalue weighted by Gasteiger charge is -2.21. The summed E-state index contributed by atoms with van der Waals surface area (Å²) in [5.74, 6) is -1.63. The highest BCUT2D eigenvalue weighted by molar-refractivity contribution is 5.92. The van der Waals surface area contributed by atoms with Gasteiger partial charge in [-0.2, -0.15) is 0 Å². The lowest BCUT2D eigenvalue weighted by atomic mass is 10.2. The Hall–Kier alpha value is -2.15. The van der Waals surface area contributed by atoms with Gasteiger partial charge in [-0.25, -0.2) is 14.0 Å². The van der Waals surface area contributed by atoms with Gasteiger partial charge in [0, 0.05) is 18.7 Å². The first-order valence-corrected chi connectivity index (χ1v) is 6.13. The predicted octanol–water partition coefficient (Wildman–Crippen LogP) is 1.19. The fraction of sp³-hybridized carbons (Fsp3) is 0.385. The number of aliphatic hydroxyl groups excluding tert-OH is 1. The number of hydrogen-bond donors (Lipinski definition) is 3. The molecule has 1 saturated heterocycles. The zero-order valence-electron chi connectivity index (χ0n) is 10.8. The van der Waals surface area contributed by atoms with Gasteiger partial charge in [0.15, 0.2) is 0 Å². The molecule has 6 nitrogen and oxygen atoms in total. The summed E-state index contributed by atoms with van der Waals surface area (Å²) in [6.45, 7) is 1.54. The average Bonchev–Trinajstić information content (AvgIpc) is 2.76. The lowest BCUT2D eigenvalue weighted by Crippen LogP contribution is -2.43. The number of carboxylic acid groups (broad SMARTS) is 1. The number of benzene rings is 1. The van der Waals surface area contributed by atoms with Crippen LogP contribution in [0.25, 0.3) is 0 Å². The van der Waals surface area contributed by atoms with Crippen LogP contribution in [0.2, 0.25) is 0 Å². The van der Waals surface area contributed by atoms with E-state index in [9.17, 15) is 19.1 Å². The quantitative estimate of drug-likeness (QED) is 0.760. The maximum atomic E-state index is 13.4. The second-order valence-electron chi connectivity index (χ2n) is 4.79. The van der Waals surface area contributed by atoms with Crippen molar-refractivity contribution in [2.45, 2.75) is 25.5 Å². The molecule has 0 spiro atoms. The smallest absolute Gasteiger partial charge is 0.326 e. The molecule has 7 heteroatoms. The van der Waals surface area contributed by atoms with E-state index in [1.54, 1.807) is 6.92 Å². The average molecular weight is 282 g/mol. The summed E-state index contributed by atoms with van der Waals surface area (Å²) in [6, 6.07) is 2.46. The van der Waals surface area contributed by atoms with Gasteiger partial charge < -0.3 is 20.4 Å². The van der Waals surface area contributed by atoms with Crippen molar-refractivity contribution in [1.82, 2.24) is 4.90 Å². The molecular weight excluding hydrogens is 267 g/mol. The van der Waals surface area contributed by atoms with Gasteiger partial charge in [-0.15, -0.1) is 0 Å². The number of halogens is 1. The third kappa shape index (κ3) is 2.88. The highest BCUT2D eigenvalue weighted by atomic mass is 19.1. The molecule has 0 aromatic heterocycles. The van der Waals surface area contributed by atoms with Crippen LogP contribution in [-0.2, 0) is 4.79 Å². The number of aliphatic carboxylic acids is 1. The SMILES string of the molecule is Cc1ccc(NC(=O)N2C[C@@H](O)C[C@H]2C(=O)O)cc1F. The Morgan fingerprint density at radius 1 is 1.45 bits per heavy atom. The maximum absolute atomic E-state index is 13.4. The van der Waals surface area contributed by atoms with E-state index < -0.39 is 30.0 Å². The first kappa shape index (κ1) is 14.3. The molecule has 1 aromatic carbocycles. The Bertz CT molecular complexity index is 549. The minimum absolute atomic E-state index is 0.00892. The fourth-order valence-corrected chi connectivity index (χ4v) is 2.14. The van der Waals surface area contributed by atoms with E-state index in [-0.39, 0.29) is 18.7 Å². The number of aliphatic hydroxyl groups is 1. The summed E-state index contributed by atoms with van der Waals surface area (Å²) in [4.78, 5) is 24.0. The van der Waals surface area contributed by atoms with E-state index in [1.165, 1.54) is 12.1 Å². The Labute approximate surface area is 114 Å². The Morgan fingerprint density at radius 2 is 2.15 bits per heavy atom. The summed E-state index contributed by atoms with van der Waals surface area (Å²) < 4.78 is 13.4. The van der Waals surface area contributed by atoms with Gasteiger partial charge in [-0.05, 0) is 24.6 Å². The van der Waals surface area contributed by atoms with E-state index in [0.29, 0.717) is 5.56 Å². The van der Waals surface area contributed by atoms with Crippen molar-refractivity contribution in [2.24, 2.45) is 0 Å². The van der Waals surface area contributed by atoms with Crippen LogP contribution < -0.4 is 5.32 Å². The summed E-state index contributed by atoms with van der Waals surface area (Å²) in [7, 11) is 0. The monoisotopic (exact) mass is 282 g/mol. The minimum atomic E-state index is -1.17. The van der Waals surface area contributed by atoms with Crippen molar-refractivity contribution < 1.29 is 24.2 Å². The topological polar surface area (TPSA) is 89.9 Å². The van der Waals surface area contributed by atoms with Gasteiger partial charge in [0.25, 0.3) is 0 Å². The molecule has 0 unspecified atom stereocenters. The highest BCUT2D eigenvalue weighted by Gasteiger charge is 2.39.